The SMILES string of the molecule is CCN(CCO)CCC(=O)OC. The van der Waals surface area contributed by atoms with Gasteiger partial charge in [0, 0.05) is 13.1 Å². The fourth-order valence-electron chi connectivity index (χ4n) is 0.921. The molecule has 0 aromatic rings. The fraction of sp³-hybridized carbons (Fsp3) is 0.875. The van der Waals surface area contributed by atoms with Gasteiger partial charge in [-0.05, 0) is 6.54 Å². The number of aliphatic hydroxyl groups excluding tert-OH is 1. The number of esters is 1. The van der Waals surface area contributed by atoms with Crippen LogP contribution in [-0.4, -0.2) is 49.3 Å². The molecule has 12 heavy (non-hydrogen) atoms. The number of hydrogen-bond donors (Lipinski definition) is 1. The third-order valence-electron chi connectivity index (χ3n) is 1.72. The molecule has 0 bridgehead atoms. The molecule has 0 spiro atoms. The lowest BCUT2D eigenvalue weighted by Crippen LogP contribution is -2.29. The van der Waals surface area contributed by atoms with Gasteiger partial charge < -0.3 is 14.7 Å². The molecule has 1 N–H and O–H groups in total. The second kappa shape index (κ2) is 7.06. The van der Waals surface area contributed by atoms with Gasteiger partial charge in [-0.15, -0.1) is 0 Å². The zero-order chi connectivity index (χ0) is 9.40. The van der Waals surface area contributed by atoms with Gasteiger partial charge in [0.05, 0.1) is 20.1 Å². The highest BCUT2D eigenvalue weighted by molar-refractivity contribution is 5.69. The van der Waals surface area contributed by atoms with Crippen LogP contribution in [0.15, 0.2) is 0 Å². The molecular formula is C8H17NO3. The quantitative estimate of drug-likeness (QED) is 0.571. The largest absolute Gasteiger partial charge is 0.469 e. The molecule has 72 valence electrons. The van der Waals surface area contributed by atoms with E-state index in [1.54, 1.807) is 0 Å². The van der Waals surface area contributed by atoms with Crippen molar-refractivity contribution >= 4 is 5.97 Å². The van der Waals surface area contributed by atoms with Crippen LogP contribution in [0.5, 0.6) is 0 Å². The Bertz CT molecular complexity index is 127. The predicted octanol–water partition coefficient (Wildman–Crippen LogP) is -0.136. The van der Waals surface area contributed by atoms with Crippen molar-refractivity contribution in [1.82, 2.24) is 4.90 Å². The molecule has 0 aliphatic carbocycles. The van der Waals surface area contributed by atoms with Crippen LogP contribution in [0.1, 0.15) is 13.3 Å². The lowest BCUT2D eigenvalue weighted by atomic mass is 10.4. The van der Waals surface area contributed by atoms with Gasteiger partial charge in [-0.1, -0.05) is 6.92 Å². The number of ether oxygens (including phenoxy) is 1. The summed E-state index contributed by atoms with van der Waals surface area (Å²) in [6, 6.07) is 0. The molecule has 0 fully saturated rings. The van der Waals surface area contributed by atoms with Crippen molar-refractivity contribution in [3.63, 3.8) is 0 Å². The first-order valence-electron chi connectivity index (χ1n) is 4.14. The molecule has 4 nitrogen and oxygen atoms in total. The molecule has 0 heterocycles. The minimum atomic E-state index is -0.202. The van der Waals surface area contributed by atoms with E-state index in [-0.39, 0.29) is 12.6 Å². The number of rotatable bonds is 6. The van der Waals surface area contributed by atoms with E-state index >= 15 is 0 Å². The Kier molecular flexibility index (Phi) is 6.70. The van der Waals surface area contributed by atoms with Gasteiger partial charge in [0.1, 0.15) is 0 Å². The fourth-order valence-corrected chi connectivity index (χ4v) is 0.921. The third kappa shape index (κ3) is 5.09. The summed E-state index contributed by atoms with van der Waals surface area (Å²) in [5, 5.41) is 8.63. The van der Waals surface area contributed by atoms with Gasteiger partial charge in [0.15, 0.2) is 0 Å². The summed E-state index contributed by atoms with van der Waals surface area (Å²) in [5.74, 6) is -0.202. The van der Waals surface area contributed by atoms with Crippen LogP contribution in [0, 0.1) is 0 Å². The van der Waals surface area contributed by atoms with Gasteiger partial charge in [-0.2, -0.15) is 0 Å². The summed E-state index contributed by atoms with van der Waals surface area (Å²) in [5.41, 5.74) is 0. The van der Waals surface area contributed by atoms with Crippen LogP contribution >= 0.6 is 0 Å². The number of aliphatic hydroxyl groups is 1. The molecule has 0 unspecified atom stereocenters. The van der Waals surface area contributed by atoms with Crippen molar-refractivity contribution in [1.29, 1.82) is 0 Å². The Hall–Kier alpha value is -0.610. The van der Waals surface area contributed by atoms with E-state index in [1.807, 2.05) is 11.8 Å². The maximum Gasteiger partial charge on any atom is 0.306 e. The van der Waals surface area contributed by atoms with E-state index in [0.717, 1.165) is 6.54 Å². The summed E-state index contributed by atoms with van der Waals surface area (Å²) in [7, 11) is 1.38. The first-order valence-corrected chi connectivity index (χ1v) is 4.14. The Labute approximate surface area is 73.1 Å². The first-order chi connectivity index (χ1) is 5.74. The number of hydrogen-bond acceptors (Lipinski definition) is 4. The van der Waals surface area contributed by atoms with Crippen molar-refractivity contribution in [3.8, 4) is 0 Å². The van der Waals surface area contributed by atoms with Gasteiger partial charge in [-0.3, -0.25) is 4.79 Å². The summed E-state index contributed by atoms with van der Waals surface area (Å²) >= 11 is 0. The van der Waals surface area contributed by atoms with Crippen LogP contribution in [-0.2, 0) is 9.53 Å². The monoisotopic (exact) mass is 175 g/mol. The molecule has 4 heteroatoms. The molecule has 0 radical (unpaired) electrons. The maximum absolute atomic E-state index is 10.7. The molecule has 0 atom stereocenters. The van der Waals surface area contributed by atoms with Crippen LogP contribution < -0.4 is 0 Å². The standard InChI is InChI=1S/C8H17NO3/c1-3-9(6-7-10)5-4-8(11)12-2/h10H,3-7H2,1-2H3. The second-order valence-corrected chi connectivity index (χ2v) is 2.48. The van der Waals surface area contributed by atoms with Crippen molar-refractivity contribution in [2.24, 2.45) is 0 Å². The van der Waals surface area contributed by atoms with Gasteiger partial charge >= 0.3 is 5.97 Å². The van der Waals surface area contributed by atoms with Gasteiger partial charge in [0.2, 0.25) is 0 Å². The highest BCUT2D eigenvalue weighted by Crippen LogP contribution is 1.91. The Morgan fingerprint density at radius 1 is 1.50 bits per heavy atom. The summed E-state index contributed by atoms with van der Waals surface area (Å²) < 4.78 is 4.50. The number of nitrogens with zero attached hydrogens (tertiary/aromatic N) is 1. The second-order valence-electron chi connectivity index (χ2n) is 2.48. The summed E-state index contributed by atoms with van der Waals surface area (Å²) in [4.78, 5) is 12.7. The molecule has 0 aliphatic rings. The van der Waals surface area contributed by atoms with Gasteiger partial charge in [0.25, 0.3) is 0 Å². The molecule has 0 aliphatic heterocycles. The molecular weight excluding hydrogens is 158 g/mol. The van der Waals surface area contributed by atoms with Crippen molar-refractivity contribution in [2.75, 3.05) is 33.4 Å². The van der Waals surface area contributed by atoms with E-state index in [9.17, 15) is 4.79 Å². The van der Waals surface area contributed by atoms with Crippen LogP contribution in [0.3, 0.4) is 0 Å². The number of likely N-dealkylation sites (N-methyl/N-ethyl adjacent to an activating group) is 1. The lowest BCUT2D eigenvalue weighted by molar-refractivity contribution is -0.141. The average Bonchev–Trinajstić information content (AvgIpc) is 2.11. The molecule has 0 saturated heterocycles. The zero-order valence-corrected chi connectivity index (χ0v) is 7.75. The van der Waals surface area contributed by atoms with Crippen LogP contribution in [0.4, 0.5) is 0 Å². The van der Waals surface area contributed by atoms with E-state index in [0.29, 0.717) is 19.5 Å². The van der Waals surface area contributed by atoms with Crippen molar-refractivity contribution in [2.45, 2.75) is 13.3 Å². The van der Waals surface area contributed by atoms with Crippen molar-refractivity contribution in [3.05, 3.63) is 0 Å². The molecule has 0 amide bonds. The van der Waals surface area contributed by atoms with Crippen molar-refractivity contribution < 1.29 is 14.6 Å². The third-order valence-corrected chi connectivity index (χ3v) is 1.72. The number of carbonyl (C=O) groups is 1. The summed E-state index contributed by atoms with van der Waals surface area (Å²) in [6.07, 6.45) is 0.393. The number of carbonyl (C=O) groups excluding carboxylic acids is 1. The minimum absolute atomic E-state index is 0.134. The topological polar surface area (TPSA) is 49.8 Å². The maximum atomic E-state index is 10.7. The minimum Gasteiger partial charge on any atom is -0.469 e. The zero-order valence-electron chi connectivity index (χ0n) is 7.75. The normalized spacial score (nSPS) is 10.3. The Morgan fingerprint density at radius 3 is 2.58 bits per heavy atom. The molecule has 0 aromatic carbocycles. The first kappa shape index (κ1) is 11.4. The molecule has 0 aromatic heterocycles. The summed E-state index contributed by atoms with van der Waals surface area (Å²) in [6.45, 7) is 4.25. The lowest BCUT2D eigenvalue weighted by Gasteiger charge is -2.17. The smallest absolute Gasteiger partial charge is 0.306 e. The van der Waals surface area contributed by atoms with Crippen LogP contribution in [0.2, 0.25) is 0 Å². The Balaban J connectivity index is 3.50. The highest BCUT2D eigenvalue weighted by atomic mass is 16.5. The number of methoxy groups -OCH3 is 1. The van der Waals surface area contributed by atoms with E-state index in [4.69, 9.17) is 5.11 Å². The predicted molar refractivity (Wildman–Crippen MR) is 45.8 cm³/mol. The average molecular weight is 175 g/mol. The Morgan fingerprint density at radius 2 is 2.17 bits per heavy atom. The van der Waals surface area contributed by atoms with E-state index in [1.165, 1.54) is 7.11 Å². The van der Waals surface area contributed by atoms with Gasteiger partial charge in [-0.25, -0.2) is 0 Å². The highest BCUT2D eigenvalue weighted by Gasteiger charge is 2.05. The van der Waals surface area contributed by atoms with E-state index < -0.39 is 0 Å². The molecule has 0 saturated carbocycles. The van der Waals surface area contributed by atoms with E-state index in [2.05, 4.69) is 4.74 Å². The van der Waals surface area contributed by atoms with Crippen LogP contribution in [0.25, 0.3) is 0 Å². The molecule has 0 rings (SSSR count).